The third kappa shape index (κ3) is 5.25. The van der Waals surface area contributed by atoms with Crippen LogP contribution in [0.2, 0.25) is 0 Å². The van der Waals surface area contributed by atoms with Gasteiger partial charge in [-0.15, -0.1) is 0 Å². The molecule has 1 aromatic carbocycles. The normalized spacial score (nSPS) is 15.7. The van der Waals surface area contributed by atoms with Crippen molar-refractivity contribution in [2.24, 2.45) is 0 Å². The van der Waals surface area contributed by atoms with E-state index in [-0.39, 0.29) is 23.4 Å². The fourth-order valence-corrected chi connectivity index (χ4v) is 4.68. The minimum Gasteiger partial charge on any atom is -0.468 e. The van der Waals surface area contributed by atoms with Crippen molar-refractivity contribution in [1.29, 1.82) is 0 Å². The highest BCUT2D eigenvalue weighted by Gasteiger charge is 2.26. The first kappa shape index (κ1) is 21.4. The number of amides is 1. The molecule has 0 saturated carbocycles. The van der Waals surface area contributed by atoms with Crippen molar-refractivity contribution in [3.63, 3.8) is 0 Å². The Morgan fingerprint density at radius 3 is 2.35 bits per heavy atom. The standard InChI is InChI=1S/C22H25N3O5S/c26-22(23-16-20(21-6-4-14-30-21)25-11-1-2-12-25)17-7-9-19(10-8-17)31(27,28)24-15-18-5-3-13-29-18/h3-10,13-14,20,24H,1-2,11-12,15-16H2,(H,23,26). The smallest absolute Gasteiger partial charge is 0.251 e. The molecule has 8 nitrogen and oxygen atoms in total. The van der Waals surface area contributed by atoms with Crippen molar-refractivity contribution >= 4 is 15.9 Å². The molecule has 0 spiro atoms. The zero-order valence-electron chi connectivity index (χ0n) is 17.0. The summed E-state index contributed by atoms with van der Waals surface area (Å²) in [5, 5.41) is 2.95. The van der Waals surface area contributed by atoms with E-state index in [0.29, 0.717) is 17.9 Å². The number of nitrogens with zero attached hydrogens (tertiary/aromatic N) is 1. The number of carbonyl (C=O) groups excluding carboxylic acids is 1. The Labute approximate surface area is 181 Å². The minimum absolute atomic E-state index is 0.0214. The van der Waals surface area contributed by atoms with Gasteiger partial charge in [0.25, 0.3) is 5.91 Å². The van der Waals surface area contributed by atoms with Crippen molar-refractivity contribution in [2.45, 2.75) is 30.3 Å². The van der Waals surface area contributed by atoms with Crippen LogP contribution in [0, 0.1) is 0 Å². The lowest BCUT2D eigenvalue weighted by Crippen LogP contribution is -2.36. The van der Waals surface area contributed by atoms with Gasteiger partial charge in [-0.25, -0.2) is 13.1 Å². The second-order valence-electron chi connectivity index (χ2n) is 7.41. The van der Waals surface area contributed by atoms with Crippen molar-refractivity contribution in [1.82, 2.24) is 14.9 Å². The van der Waals surface area contributed by atoms with Crippen LogP contribution in [0.1, 0.15) is 40.8 Å². The van der Waals surface area contributed by atoms with E-state index < -0.39 is 10.0 Å². The lowest BCUT2D eigenvalue weighted by molar-refractivity contribution is 0.0933. The third-order valence-corrected chi connectivity index (χ3v) is 6.77. The van der Waals surface area contributed by atoms with Gasteiger partial charge in [-0.3, -0.25) is 9.69 Å². The molecule has 1 unspecified atom stereocenters. The molecule has 2 N–H and O–H groups in total. The zero-order valence-corrected chi connectivity index (χ0v) is 17.8. The van der Waals surface area contributed by atoms with Gasteiger partial charge < -0.3 is 14.2 Å². The highest BCUT2D eigenvalue weighted by Crippen LogP contribution is 2.25. The van der Waals surface area contributed by atoms with E-state index in [1.54, 1.807) is 18.4 Å². The molecule has 164 valence electrons. The van der Waals surface area contributed by atoms with E-state index >= 15 is 0 Å². The Bertz CT molecular complexity index is 1070. The van der Waals surface area contributed by atoms with Crippen LogP contribution < -0.4 is 10.0 Å². The zero-order chi connectivity index (χ0) is 21.7. The van der Waals surface area contributed by atoms with Crippen LogP contribution in [0.25, 0.3) is 0 Å². The highest BCUT2D eigenvalue weighted by molar-refractivity contribution is 7.89. The molecule has 3 heterocycles. The first-order valence-electron chi connectivity index (χ1n) is 10.2. The second-order valence-corrected chi connectivity index (χ2v) is 9.18. The maximum absolute atomic E-state index is 12.6. The Balaban J connectivity index is 1.37. The van der Waals surface area contributed by atoms with Gasteiger partial charge in [-0.1, -0.05) is 0 Å². The fourth-order valence-electron chi connectivity index (χ4n) is 3.68. The summed E-state index contributed by atoms with van der Waals surface area (Å²) in [5.74, 6) is 1.08. The average Bonchev–Trinajstić information content (AvgIpc) is 3.56. The number of hydrogen-bond donors (Lipinski definition) is 2. The van der Waals surface area contributed by atoms with E-state index in [0.717, 1.165) is 31.7 Å². The molecular weight excluding hydrogens is 418 g/mol. The van der Waals surface area contributed by atoms with Crippen LogP contribution in [0.3, 0.4) is 0 Å². The molecule has 2 aromatic heterocycles. The number of furan rings is 2. The molecule has 1 aliphatic heterocycles. The largest absolute Gasteiger partial charge is 0.468 e. The summed E-state index contributed by atoms with van der Waals surface area (Å²) in [4.78, 5) is 15.0. The Morgan fingerprint density at radius 1 is 1.00 bits per heavy atom. The monoisotopic (exact) mass is 443 g/mol. The van der Waals surface area contributed by atoms with Crippen LogP contribution in [0.5, 0.6) is 0 Å². The van der Waals surface area contributed by atoms with Crippen molar-refractivity contribution in [3.05, 3.63) is 78.1 Å². The summed E-state index contributed by atoms with van der Waals surface area (Å²) < 4.78 is 38.1. The molecule has 1 saturated heterocycles. The van der Waals surface area contributed by atoms with Gasteiger partial charge >= 0.3 is 0 Å². The van der Waals surface area contributed by atoms with Gasteiger partial charge in [0.2, 0.25) is 10.0 Å². The molecule has 0 bridgehead atoms. The summed E-state index contributed by atoms with van der Waals surface area (Å²) in [6.07, 6.45) is 5.39. The van der Waals surface area contributed by atoms with E-state index in [2.05, 4.69) is 14.9 Å². The second kappa shape index (κ2) is 9.51. The summed E-state index contributed by atoms with van der Waals surface area (Å²) in [5.41, 5.74) is 0.393. The predicted octanol–water partition coefficient (Wildman–Crippen LogP) is 2.92. The topological polar surface area (TPSA) is 105 Å². The van der Waals surface area contributed by atoms with Gasteiger partial charge in [0.05, 0.1) is 30.0 Å². The number of benzene rings is 1. The van der Waals surface area contributed by atoms with Crippen LogP contribution in [0.15, 0.2) is 74.8 Å². The number of likely N-dealkylation sites (tertiary alicyclic amines) is 1. The van der Waals surface area contributed by atoms with Crippen molar-refractivity contribution in [2.75, 3.05) is 19.6 Å². The van der Waals surface area contributed by atoms with E-state index in [9.17, 15) is 13.2 Å². The molecule has 0 radical (unpaired) electrons. The van der Waals surface area contributed by atoms with E-state index in [1.807, 2.05) is 12.1 Å². The third-order valence-electron chi connectivity index (χ3n) is 5.35. The Morgan fingerprint density at radius 2 is 1.71 bits per heavy atom. The number of sulfonamides is 1. The van der Waals surface area contributed by atoms with Crippen LogP contribution in [-0.2, 0) is 16.6 Å². The Hall–Kier alpha value is -2.88. The molecule has 9 heteroatoms. The lowest BCUT2D eigenvalue weighted by atomic mass is 10.1. The van der Waals surface area contributed by atoms with Gasteiger partial charge in [0.1, 0.15) is 11.5 Å². The average molecular weight is 444 g/mol. The van der Waals surface area contributed by atoms with Crippen LogP contribution in [-0.4, -0.2) is 38.9 Å². The number of rotatable bonds is 9. The molecule has 0 aliphatic carbocycles. The van der Waals surface area contributed by atoms with Crippen molar-refractivity contribution in [3.8, 4) is 0 Å². The summed E-state index contributed by atoms with van der Waals surface area (Å²) >= 11 is 0. The molecule has 3 aromatic rings. The number of carbonyl (C=O) groups is 1. The quantitative estimate of drug-likeness (QED) is 0.527. The maximum atomic E-state index is 12.6. The highest BCUT2D eigenvalue weighted by atomic mass is 32.2. The SMILES string of the molecule is O=C(NCC(c1ccco1)N1CCCC1)c1ccc(S(=O)(=O)NCc2ccco2)cc1. The van der Waals surface area contributed by atoms with Crippen LogP contribution in [0.4, 0.5) is 0 Å². The minimum atomic E-state index is -3.71. The molecular formula is C22H25N3O5S. The van der Waals surface area contributed by atoms with E-state index in [1.165, 1.54) is 30.5 Å². The number of nitrogens with one attached hydrogen (secondary N) is 2. The molecule has 1 fully saturated rings. The number of hydrogen-bond acceptors (Lipinski definition) is 6. The fraction of sp³-hybridized carbons (Fsp3) is 0.318. The summed E-state index contributed by atoms with van der Waals surface area (Å²) in [7, 11) is -3.71. The van der Waals surface area contributed by atoms with Crippen LogP contribution >= 0.6 is 0 Å². The Kier molecular flexibility index (Phi) is 6.55. The van der Waals surface area contributed by atoms with Crippen molar-refractivity contribution < 1.29 is 22.0 Å². The summed E-state index contributed by atoms with van der Waals surface area (Å²) in [6.45, 7) is 2.41. The molecule has 31 heavy (non-hydrogen) atoms. The molecule has 1 amide bonds. The molecule has 4 rings (SSSR count). The van der Waals surface area contributed by atoms with E-state index in [4.69, 9.17) is 8.83 Å². The summed E-state index contributed by atoms with van der Waals surface area (Å²) in [6, 6.07) is 13.0. The maximum Gasteiger partial charge on any atom is 0.251 e. The van der Waals surface area contributed by atoms with Gasteiger partial charge in [-0.05, 0) is 74.5 Å². The predicted molar refractivity (Wildman–Crippen MR) is 114 cm³/mol. The molecule has 1 atom stereocenters. The first-order valence-corrected chi connectivity index (χ1v) is 11.7. The lowest BCUT2D eigenvalue weighted by Gasteiger charge is -2.26. The molecule has 1 aliphatic rings. The van der Waals surface area contributed by atoms with Gasteiger partial charge in [0.15, 0.2) is 0 Å². The van der Waals surface area contributed by atoms with Gasteiger partial charge in [0, 0.05) is 12.1 Å². The first-order chi connectivity index (χ1) is 15.0. The van der Waals surface area contributed by atoms with Gasteiger partial charge in [-0.2, -0.15) is 0 Å².